The normalized spacial score (nSPS) is 10.8. The SMILES string of the molecule is N#Cc1cncc(COc2cc(OCc3cccc(-c4ccccc4F)c3C(F)F)ccc2CNCC(=O)O)c1. The number of carbonyl (C=O) groups is 1. The van der Waals surface area contributed by atoms with Gasteiger partial charge in [0.25, 0.3) is 6.43 Å². The second kappa shape index (κ2) is 13.3. The third-order valence-electron chi connectivity index (χ3n) is 5.92. The molecule has 0 atom stereocenters. The molecule has 0 bridgehead atoms. The summed E-state index contributed by atoms with van der Waals surface area (Å²) in [7, 11) is 0. The third-order valence-corrected chi connectivity index (χ3v) is 5.92. The average molecular weight is 548 g/mol. The van der Waals surface area contributed by atoms with Gasteiger partial charge in [0.05, 0.1) is 12.1 Å². The molecule has 1 heterocycles. The summed E-state index contributed by atoms with van der Waals surface area (Å²) in [6.45, 7) is -0.233. The average Bonchev–Trinajstić information content (AvgIpc) is 2.95. The Balaban J connectivity index is 1.57. The molecule has 204 valence electrons. The molecule has 0 radical (unpaired) electrons. The van der Waals surface area contributed by atoms with E-state index in [1.807, 2.05) is 6.07 Å². The molecular formula is C30H24F3N3O4. The molecule has 40 heavy (non-hydrogen) atoms. The van der Waals surface area contributed by atoms with Gasteiger partial charge in [0.1, 0.15) is 36.6 Å². The fourth-order valence-corrected chi connectivity index (χ4v) is 4.07. The summed E-state index contributed by atoms with van der Waals surface area (Å²) in [6, 6.07) is 18.8. The van der Waals surface area contributed by atoms with Gasteiger partial charge in [-0.3, -0.25) is 9.78 Å². The molecule has 4 aromatic rings. The van der Waals surface area contributed by atoms with Crippen LogP contribution in [-0.2, 0) is 24.6 Å². The number of aliphatic carboxylic acids is 1. The first-order chi connectivity index (χ1) is 19.4. The van der Waals surface area contributed by atoms with Crippen molar-refractivity contribution in [2.45, 2.75) is 26.2 Å². The first-order valence-electron chi connectivity index (χ1n) is 12.2. The number of pyridine rings is 1. The van der Waals surface area contributed by atoms with Gasteiger partial charge in [-0.25, -0.2) is 13.2 Å². The number of nitrogens with one attached hydrogen (secondary N) is 1. The molecule has 0 aliphatic heterocycles. The highest BCUT2D eigenvalue weighted by atomic mass is 19.3. The molecule has 0 aliphatic rings. The van der Waals surface area contributed by atoms with Crippen molar-refractivity contribution in [1.29, 1.82) is 5.26 Å². The Labute approximate surface area is 228 Å². The highest BCUT2D eigenvalue weighted by molar-refractivity contribution is 5.70. The van der Waals surface area contributed by atoms with Gasteiger partial charge in [0, 0.05) is 47.3 Å². The molecule has 0 unspecified atom stereocenters. The first kappa shape index (κ1) is 28.1. The molecule has 2 N–H and O–H groups in total. The highest BCUT2D eigenvalue weighted by Gasteiger charge is 2.21. The van der Waals surface area contributed by atoms with Crippen molar-refractivity contribution in [2.75, 3.05) is 6.54 Å². The number of ether oxygens (including phenoxy) is 2. The summed E-state index contributed by atoms with van der Waals surface area (Å²) in [6.07, 6.45) is 0.111. The maximum atomic E-state index is 14.4. The quantitative estimate of drug-likeness (QED) is 0.223. The van der Waals surface area contributed by atoms with E-state index in [1.165, 1.54) is 36.5 Å². The van der Waals surface area contributed by atoms with Crippen LogP contribution >= 0.6 is 0 Å². The van der Waals surface area contributed by atoms with E-state index >= 15 is 0 Å². The number of carboxylic acids is 1. The van der Waals surface area contributed by atoms with Crippen LogP contribution in [0.1, 0.15) is 34.2 Å². The molecule has 0 saturated carbocycles. The molecule has 0 saturated heterocycles. The largest absolute Gasteiger partial charge is 0.489 e. The number of rotatable bonds is 12. The Morgan fingerprint density at radius 1 is 0.975 bits per heavy atom. The Morgan fingerprint density at radius 3 is 2.52 bits per heavy atom. The van der Waals surface area contributed by atoms with Gasteiger partial charge in [-0.15, -0.1) is 0 Å². The number of carboxylic acid groups (broad SMARTS) is 1. The molecule has 3 aromatic carbocycles. The van der Waals surface area contributed by atoms with Gasteiger partial charge in [-0.1, -0.05) is 42.5 Å². The molecule has 1 aromatic heterocycles. The van der Waals surface area contributed by atoms with Crippen LogP contribution in [0.3, 0.4) is 0 Å². The Hall–Kier alpha value is -4.88. The number of alkyl halides is 2. The minimum Gasteiger partial charge on any atom is -0.489 e. The lowest BCUT2D eigenvalue weighted by molar-refractivity contribution is -0.136. The summed E-state index contributed by atoms with van der Waals surface area (Å²) in [5.41, 5.74) is 1.69. The van der Waals surface area contributed by atoms with E-state index in [2.05, 4.69) is 10.3 Å². The predicted octanol–water partition coefficient (Wildman–Crippen LogP) is 6.03. The summed E-state index contributed by atoms with van der Waals surface area (Å²) >= 11 is 0. The highest BCUT2D eigenvalue weighted by Crippen LogP contribution is 2.36. The third kappa shape index (κ3) is 7.15. The van der Waals surface area contributed by atoms with E-state index in [0.717, 1.165) is 0 Å². The van der Waals surface area contributed by atoms with Crippen LogP contribution < -0.4 is 14.8 Å². The van der Waals surface area contributed by atoms with Gasteiger partial charge < -0.3 is 19.9 Å². The molecule has 0 amide bonds. The second-order valence-electron chi connectivity index (χ2n) is 8.70. The lowest BCUT2D eigenvalue weighted by Crippen LogP contribution is -2.22. The number of nitrogens with zero attached hydrogens (tertiary/aromatic N) is 2. The molecular weight excluding hydrogens is 523 g/mol. The lowest BCUT2D eigenvalue weighted by atomic mass is 9.95. The van der Waals surface area contributed by atoms with Crippen LogP contribution in [0.25, 0.3) is 11.1 Å². The Kier molecular flexibility index (Phi) is 9.33. The number of aromatic nitrogens is 1. The van der Waals surface area contributed by atoms with E-state index in [4.69, 9.17) is 19.8 Å². The topological polar surface area (TPSA) is 104 Å². The fourth-order valence-electron chi connectivity index (χ4n) is 4.07. The van der Waals surface area contributed by atoms with Crippen molar-refractivity contribution in [3.8, 4) is 28.7 Å². The van der Waals surface area contributed by atoms with E-state index in [9.17, 15) is 18.0 Å². The fraction of sp³-hybridized carbons (Fsp3) is 0.167. The summed E-state index contributed by atoms with van der Waals surface area (Å²) in [4.78, 5) is 14.9. The van der Waals surface area contributed by atoms with Crippen molar-refractivity contribution in [1.82, 2.24) is 10.3 Å². The molecule has 0 aliphatic carbocycles. The van der Waals surface area contributed by atoms with E-state index in [1.54, 1.807) is 42.6 Å². The van der Waals surface area contributed by atoms with Crippen LogP contribution in [0.4, 0.5) is 13.2 Å². The Bertz CT molecular complexity index is 1540. The van der Waals surface area contributed by atoms with Crippen LogP contribution in [0.5, 0.6) is 11.5 Å². The summed E-state index contributed by atoms with van der Waals surface area (Å²) in [5.74, 6) is -0.939. The monoisotopic (exact) mass is 547 g/mol. The Morgan fingerprint density at radius 2 is 1.77 bits per heavy atom. The zero-order chi connectivity index (χ0) is 28.5. The van der Waals surface area contributed by atoms with Gasteiger partial charge in [0.15, 0.2) is 0 Å². The van der Waals surface area contributed by atoms with Gasteiger partial charge in [-0.05, 0) is 29.3 Å². The minimum atomic E-state index is -2.87. The number of hydrogen-bond acceptors (Lipinski definition) is 6. The van der Waals surface area contributed by atoms with Gasteiger partial charge >= 0.3 is 5.97 Å². The molecule has 4 rings (SSSR count). The van der Waals surface area contributed by atoms with Gasteiger partial charge in [0.2, 0.25) is 0 Å². The first-order valence-corrected chi connectivity index (χ1v) is 12.2. The molecule has 7 nitrogen and oxygen atoms in total. The lowest BCUT2D eigenvalue weighted by Gasteiger charge is -2.17. The summed E-state index contributed by atoms with van der Waals surface area (Å²) in [5, 5.41) is 20.8. The second-order valence-corrected chi connectivity index (χ2v) is 8.70. The molecule has 0 fully saturated rings. The van der Waals surface area contributed by atoms with Crippen molar-refractivity contribution in [3.63, 3.8) is 0 Å². The molecule has 0 spiro atoms. The number of halogens is 3. The maximum Gasteiger partial charge on any atom is 0.317 e. The standard InChI is InChI=1S/C30H24F3N3O4/c31-26-7-2-1-5-24(26)25-6-3-4-22(29(25)30(32)33)18-39-23-9-8-21(15-36-16-28(37)38)27(11-23)40-17-20-10-19(12-34)13-35-14-20/h1-11,13-14,30,36H,15-18H2,(H,37,38). The van der Waals surface area contributed by atoms with E-state index in [-0.39, 0.29) is 48.6 Å². The van der Waals surface area contributed by atoms with Crippen LogP contribution in [0.15, 0.2) is 79.1 Å². The summed E-state index contributed by atoms with van der Waals surface area (Å²) < 4.78 is 54.5. The van der Waals surface area contributed by atoms with Crippen molar-refractivity contribution in [3.05, 3.63) is 113 Å². The number of nitriles is 1. The maximum absolute atomic E-state index is 14.4. The van der Waals surface area contributed by atoms with E-state index < -0.39 is 18.2 Å². The smallest absolute Gasteiger partial charge is 0.317 e. The van der Waals surface area contributed by atoms with Crippen LogP contribution in [0.2, 0.25) is 0 Å². The van der Waals surface area contributed by atoms with Crippen molar-refractivity contribution < 1.29 is 32.5 Å². The molecule has 10 heteroatoms. The zero-order valence-corrected chi connectivity index (χ0v) is 21.1. The van der Waals surface area contributed by atoms with Gasteiger partial charge in [-0.2, -0.15) is 5.26 Å². The number of benzene rings is 3. The van der Waals surface area contributed by atoms with Crippen LogP contribution in [-0.4, -0.2) is 22.6 Å². The predicted molar refractivity (Wildman–Crippen MR) is 140 cm³/mol. The zero-order valence-electron chi connectivity index (χ0n) is 21.1. The van der Waals surface area contributed by atoms with Crippen molar-refractivity contribution in [2.24, 2.45) is 0 Å². The minimum absolute atomic E-state index is 0.0676. The number of hydrogen-bond donors (Lipinski definition) is 2. The van der Waals surface area contributed by atoms with E-state index in [0.29, 0.717) is 28.2 Å². The van der Waals surface area contributed by atoms with Crippen molar-refractivity contribution >= 4 is 5.97 Å². The van der Waals surface area contributed by atoms with Crippen LogP contribution in [0, 0.1) is 17.1 Å².